The molecule has 1 fully saturated rings. The fourth-order valence-corrected chi connectivity index (χ4v) is 2.66. The molecule has 0 bridgehead atoms. The Bertz CT molecular complexity index is 501. The summed E-state index contributed by atoms with van der Waals surface area (Å²) in [4.78, 5) is 12.6. The minimum Gasteiger partial charge on any atom is -0.493 e. The van der Waals surface area contributed by atoms with Crippen LogP contribution in [0.3, 0.4) is 0 Å². The third-order valence-corrected chi connectivity index (χ3v) is 4.07. The molecular weight excluding hydrogens is 296 g/mol. The van der Waals surface area contributed by atoms with Crippen molar-refractivity contribution in [2.75, 3.05) is 45.8 Å². The molecule has 0 spiro atoms. The van der Waals surface area contributed by atoms with Crippen LogP contribution >= 0.6 is 0 Å². The van der Waals surface area contributed by atoms with Gasteiger partial charge in [0.1, 0.15) is 11.4 Å². The van der Waals surface area contributed by atoms with Crippen molar-refractivity contribution >= 4 is 11.6 Å². The summed E-state index contributed by atoms with van der Waals surface area (Å²) in [5.41, 5.74) is -0.0326. The van der Waals surface area contributed by atoms with Gasteiger partial charge in [0.2, 0.25) is 0 Å². The van der Waals surface area contributed by atoms with E-state index in [1.807, 2.05) is 24.3 Å². The zero-order valence-corrected chi connectivity index (χ0v) is 13.9. The van der Waals surface area contributed by atoms with E-state index in [4.69, 9.17) is 14.2 Å². The number of rotatable bonds is 8. The summed E-state index contributed by atoms with van der Waals surface area (Å²) in [6, 6.07) is 7.42. The number of ether oxygens (including phenoxy) is 3. The smallest absolute Gasteiger partial charge is 0.256 e. The molecule has 1 aliphatic rings. The van der Waals surface area contributed by atoms with Crippen molar-refractivity contribution in [3.8, 4) is 5.75 Å². The van der Waals surface area contributed by atoms with E-state index in [1.165, 1.54) is 0 Å². The number of methoxy groups -OCH3 is 2. The standard InChI is InChI=1S/C17H26N2O4/c1-21-11-4-12-23-15-6-3-5-14(13-15)19-16(20)17(22-2)7-9-18-10-8-17/h3,5-6,13,18H,4,7-12H2,1-2H3,(H,19,20). The second-order valence-electron chi connectivity index (χ2n) is 5.63. The van der Waals surface area contributed by atoms with Gasteiger partial charge in [-0.1, -0.05) is 6.07 Å². The van der Waals surface area contributed by atoms with Gasteiger partial charge in [0.15, 0.2) is 0 Å². The number of carbonyl (C=O) groups is 1. The molecule has 1 aliphatic heterocycles. The molecule has 2 rings (SSSR count). The lowest BCUT2D eigenvalue weighted by Gasteiger charge is -2.34. The van der Waals surface area contributed by atoms with E-state index in [1.54, 1.807) is 14.2 Å². The predicted molar refractivity (Wildman–Crippen MR) is 88.9 cm³/mol. The van der Waals surface area contributed by atoms with Crippen molar-refractivity contribution in [1.82, 2.24) is 5.32 Å². The maximum atomic E-state index is 12.6. The molecule has 1 saturated heterocycles. The topological polar surface area (TPSA) is 68.8 Å². The van der Waals surface area contributed by atoms with Crippen molar-refractivity contribution in [3.05, 3.63) is 24.3 Å². The van der Waals surface area contributed by atoms with E-state index >= 15 is 0 Å². The monoisotopic (exact) mass is 322 g/mol. The number of carbonyl (C=O) groups excluding carboxylic acids is 1. The minimum atomic E-state index is -0.749. The first-order valence-electron chi connectivity index (χ1n) is 7.99. The van der Waals surface area contributed by atoms with Crippen molar-refractivity contribution in [2.45, 2.75) is 24.9 Å². The van der Waals surface area contributed by atoms with E-state index in [0.29, 0.717) is 31.7 Å². The molecule has 6 heteroatoms. The molecule has 0 aromatic heterocycles. The van der Waals surface area contributed by atoms with Gasteiger partial charge in [-0.2, -0.15) is 0 Å². The van der Waals surface area contributed by atoms with Gasteiger partial charge >= 0.3 is 0 Å². The van der Waals surface area contributed by atoms with Gasteiger partial charge in [0.05, 0.1) is 6.61 Å². The molecule has 0 atom stereocenters. The number of nitrogens with one attached hydrogen (secondary N) is 2. The third kappa shape index (κ3) is 4.92. The summed E-state index contributed by atoms with van der Waals surface area (Å²) >= 11 is 0. The first kappa shape index (κ1) is 17.7. The van der Waals surface area contributed by atoms with E-state index in [0.717, 1.165) is 25.3 Å². The molecule has 6 nitrogen and oxygen atoms in total. The highest BCUT2D eigenvalue weighted by Gasteiger charge is 2.39. The Morgan fingerprint density at radius 2 is 2.04 bits per heavy atom. The van der Waals surface area contributed by atoms with Crippen LogP contribution in [-0.4, -0.2) is 52.0 Å². The molecule has 1 aromatic rings. The number of benzene rings is 1. The molecule has 128 valence electrons. The molecule has 1 aromatic carbocycles. The molecule has 0 saturated carbocycles. The lowest BCUT2D eigenvalue weighted by Crippen LogP contribution is -2.51. The number of piperidine rings is 1. The Hall–Kier alpha value is -1.63. The number of amides is 1. The largest absolute Gasteiger partial charge is 0.493 e. The van der Waals surface area contributed by atoms with Crippen molar-refractivity contribution < 1.29 is 19.0 Å². The van der Waals surface area contributed by atoms with Crippen LogP contribution in [-0.2, 0) is 14.3 Å². The highest BCUT2D eigenvalue weighted by atomic mass is 16.5. The zero-order chi connectivity index (χ0) is 16.5. The molecule has 1 heterocycles. The lowest BCUT2D eigenvalue weighted by atomic mass is 9.91. The average Bonchev–Trinajstić information content (AvgIpc) is 2.59. The molecule has 1 amide bonds. The third-order valence-electron chi connectivity index (χ3n) is 4.07. The van der Waals surface area contributed by atoms with Crippen molar-refractivity contribution in [2.24, 2.45) is 0 Å². The fraction of sp³-hybridized carbons (Fsp3) is 0.588. The SMILES string of the molecule is COCCCOc1cccc(NC(=O)C2(OC)CCNCC2)c1. The van der Waals surface area contributed by atoms with Gasteiger partial charge < -0.3 is 24.8 Å². The molecule has 0 unspecified atom stereocenters. The fourth-order valence-electron chi connectivity index (χ4n) is 2.66. The summed E-state index contributed by atoms with van der Waals surface area (Å²) in [5.74, 6) is 0.633. The average molecular weight is 322 g/mol. The first-order valence-corrected chi connectivity index (χ1v) is 7.99. The first-order chi connectivity index (χ1) is 11.2. The summed E-state index contributed by atoms with van der Waals surface area (Å²) in [6.07, 6.45) is 2.16. The highest BCUT2D eigenvalue weighted by Crippen LogP contribution is 2.25. The van der Waals surface area contributed by atoms with Crippen LogP contribution in [0.1, 0.15) is 19.3 Å². The lowest BCUT2D eigenvalue weighted by molar-refractivity contribution is -0.140. The second kappa shape index (κ2) is 8.86. The van der Waals surface area contributed by atoms with Crippen LogP contribution in [0.4, 0.5) is 5.69 Å². The Morgan fingerprint density at radius 1 is 1.26 bits per heavy atom. The zero-order valence-electron chi connectivity index (χ0n) is 13.9. The second-order valence-corrected chi connectivity index (χ2v) is 5.63. The Kier molecular flexibility index (Phi) is 6.83. The van der Waals surface area contributed by atoms with Crippen molar-refractivity contribution in [3.63, 3.8) is 0 Å². The van der Waals surface area contributed by atoms with Gasteiger partial charge in [-0.05, 0) is 38.1 Å². The number of anilines is 1. The van der Waals surface area contributed by atoms with Gasteiger partial charge in [0, 0.05) is 39.0 Å². The Balaban J connectivity index is 1.94. The maximum absolute atomic E-state index is 12.6. The van der Waals surface area contributed by atoms with E-state index in [9.17, 15) is 4.79 Å². The summed E-state index contributed by atoms with van der Waals surface area (Å²) in [6.45, 7) is 2.81. The van der Waals surface area contributed by atoms with Crippen LogP contribution < -0.4 is 15.4 Å². The Labute approximate surface area is 137 Å². The summed E-state index contributed by atoms with van der Waals surface area (Å²) < 4.78 is 16.2. The van der Waals surface area contributed by atoms with Gasteiger partial charge in [0.25, 0.3) is 5.91 Å². The highest BCUT2D eigenvalue weighted by molar-refractivity contribution is 5.97. The molecule has 23 heavy (non-hydrogen) atoms. The summed E-state index contributed by atoms with van der Waals surface area (Å²) in [5, 5.41) is 6.19. The van der Waals surface area contributed by atoms with E-state index in [-0.39, 0.29) is 5.91 Å². The van der Waals surface area contributed by atoms with Crippen LogP contribution in [0, 0.1) is 0 Å². The Morgan fingerprint density at radius 3 is 2.74 bits per heavy atom. The number of hydrogen-bond donors (Lipinski definition) is 2. The van der Waals surface area contributed by atoms with Crippen LogP contribution in [0.5, 0.6) is 5.75 Å². The van der Waals surface area contributed by atoms with Crippen LogP contribution in [0.2, 0.25) is 0 Å². The molecule has 0 radical (unpaired) electrons. The summed E-state index contributed by atoms with van der Waals surface area (Å²) in [7, 11) is 3.27. The number of hydrogen-bond acceptors (Lipinski definition) is 5. The molecule has 0 aliphatic carbocycles. The van der Waals surface area contributed by atoms with Crippen molar-refractivity contribution in [1.29, 1.82) is 0 Å². The van der Waals surface area contributed by atoms with Crippen LogP contribution in [0.15, 0.2) is 24.3 Å². The van der Waals surface area contributed by atoms with E-state index in [2.05, 4.69) is 10.6 Å². The minimum absolute atomic E-state index is 0.0990. The van der Waals surface area contributed by atoms with Gasteiger partial charge in [-0.25, -0.2) is 0 Å². The quantitative estimate of drug-likeness (QED) is 0.715. The molecular formula is C17H26N2O4. The van der Waals surface area contributed by atoms with E-state index < -0.39 is 5.60 Å². The van der Waals surface area contributed by atoms with Gasteiger partial charge in [-0.15, -0.1) is 0 Å². The normalized spacial score (nSPS) is 16.8. The maximum Gasteiger partial charge on any atom is 0.256 e. The van der Waals surface area contributed by atoms with Gasteiger partial charge in [-0.3, -0.25) is 4.79 Å². The predicted octanol–water partition coefficient (Wildman–Crippen LogP) is 1.81. The molecule has 2 N–H and O–H groups in total. The van der Waals surface area contributed by atoms with Crippen LogP contribution in [0.25, 0.3) is 0 Å².